The fourth-order valence-corrected chi connectivity index (χ4v) is 2.65. The van der Waals surface area contributed by atoms with Crippen LogP contribution in [0.2, 0.25) is 0 Å². The molecule has 1 saturated carbocycles. The van der Waals surface area contributed by atoms with Gasteiger partial charge >= 0.3 is 0 Å². The van der Waals surface area contributed by atoms with E-state index in [1.165, 1.54) is 18.4 Å². The lowest BCUT2D eigenvalue weighted by Crippen LogP contribution is -2.42. The molecule has 0 aliphatic heterocycles. The Balaban J connectivity index is 1.86. The van der Waals surface area contributed by atoms with E-state index in [4.69, 9.17) is 4.74 Å². The molecule has 1 aromatic carbocycles. The van der Waals surface area contributed by atoms with Gasteiger partial charge in [-0.3, -0.25) is 9.69 Å². The van der Waals surface area contributed by atoms with Gasteiger partial charge in [-0.15, -0.1) is 0 Å². The van der Waals surface area contributed by atoms with Crippen molar-refractivity contribution in [3.8, 4) is 5.75 Å². The predicted octanol–water partition coefficient (Wildman–Crippen LogP) is 2.77. The number of ether oxygens (including phenoxy) is 1. The molecule has 0 saturated heterocycles. The van der Waals surface area contributed by atoms with E-state index in [0.717, 1.165) is 18.8 Å². The van der Waals surface area contributed by atoms with E-state index >= 15 is 0 Å². The summed E-state index contributed by atoms with van der Waals surface area (Å²) in [6.45, 7) is 6.47. The van der Waals surface area contributed by atoms with Crippen molar-refractivity contribution in [3.63, 3.8) is 0 Å². The van der Waals surface area contributed by atoms with Gasteiger partial charge in [-0.2, -0.15) is 0 Å². The average Bonchev–Trinajstić information content (AvgIpc) is 3.29. The van der Waals surface area contributed by atoms with Crippen LogP contribution in [-0.4, -0.2) is 49.0 Å². The molecule has 0 N–H and O–H groups in total. The van der Waals surface area contributed by atoms with E-state index in [2.05, 4.69) is 23.6 Å². The van der Waals surface area contributed by atoms with E-state index in [1.54, 1.807) is 7.11 Å². The number of nitrogens with zero attached hydrogens (tertiary/aromatic N) is 2. The summed E-state index contributed by atoms with van der Waals surface area (Å²) < 4.78 is 5.17. The molecule has 0 atom stereocenters. The number of amides is 1. The summed E-state index contributed by atoms with van der Waals surface area (Å²) in [6, 6.07) is 8.50. The number of rotatable bonds is 8. The Bertz CT molecular complexity index is 480. The summed E-state index contributed by atoms with van der Waals surface area (Å²) in [4.78, 5) is 16.7. The summed E-state index contributed by atoms with van der Waals surface area (Å²) in [5.74, 6) is 1.64. The van der Waals surface area contributed by atoms with Gasteiger partial charge in [0.2, 0.25) is 5.91 Å². The Morgan fingerprint density at radius 1 is 1.27 bits per heavy atom. The normalized spacial score (nSPS) is 14.5. The molecule has 1 aliphatic rings. The lowest BCUT2D eigenvalue weighted by atomic mass is 10.2. The lowest BCUT2D eigenvalue weighted by molar-refractivity contribution is -0.133. The fourth-order valence-electron chi connectivity index (χ4n) is 2.65. The van der Waals surface area contributed by atoms with Gasteiger partial charge in [0.15, 0.2) is 0 Å². The molecule has 1 fully saturated rings. The highest BCUT2D eigenvalue weighted by molar-refractivity contribution is 5.79. The molecule has 1 amide bonds. The van der Waals surface area contributed by atoms with E-state index in [9.17, 15) is 4.79 Å². The van der Waals surface area contributed by atoms with Gasteiger partial charge in [-0.1, -0.05) is 26.0 Å². The van der Waals surface area contributed by atoms with Gasteiger partial charge in [0.25, 0.3) is 0 Å². The third kappa shape index (κ3) is 5.02. The largest absolute Gasteiger partial charge is 0.497 e. The van der Waals surface area contributed by atoms with Crippen molar-refractivity contribution in [1.29, 1.82) is 0 Å². The van der Waals surface area contributed by atoms with Gasteiger partial charge in [-0.05, 0) is 43.5 Å². The van der Waals surface area contributed by atoms with E-state index in [1.807, 2.05) is 31.3 Å². The zero-order chi connectivity index (χ0) is 16.1. The Morgan fingerprint density at radius 2 is 1.91 bits per heavy atom. The summed E-state index contributed by atoms with van der Waals surface area (Å²) in [6.07, 6.45) is 2.33. The van der Waals surface area contributed by atoms with Crippen molar-refractivity contribution < 1.29 is 9.53 Å². The molecular weight excluding hydrogens is 276 g/mol. The third-order valence-electron chi connectivity index (χ3n) is 3.89. The van der Waals surface area contributed by atoms with Gasteiger partial charge in [0, 0.05) is 19.1 Å². The van der Waals surface area contributed by atoms with Crippen LogP contribution in [-0.2, 0) is 11.3 Å². The minimum absolute atomic E-state index is 0.257. The van der Waals surface area contributed by atoms with Gasteiger partial charge in [-0.25, -0.2) is 0 Å². The third-order valence-corrected chi connectivity index (χ3v) is 3.89. The number of carbonyl (C=O) groups is 1. The molecule has 0 unspecified atom stereocenters. The van der Waals surface area contributed by atoms with E-state index in [0.29, 0.717) is 18.5 Å². The number of hydrogen-bond donors (Lipinski definition) is 0. The summed E-state index contributed by atoms with van der Waals surface area (Å²) in [5.41, 5.74) is 1.19. The Labute approximate surface area is 134 Å². The second-order valence-corrected chi connectivity index (χ2v) is 6.69. The van der Waals surface area contributed by atoms with Crippen molar-refractivity contribution in [3.05, 3.63) is 29.8 Å². The Morgan fingerprint density at radius 3 is 2.41 bits per heavy atom. The molecule has 0 radical (unpaired) electrons. The fraction of sp³-hybridized carbons (Fsp3) is 0.611. The van der Waals surface area contributed by atoms with Crippen LogP contribution in [0.25, 0.3) is 0 Å². The quantitative estimate of drug-likeness (QED) is 0.740. The Kier molecular flexibility index (Phi) is 5.83. The van der Waals surface area contributed by atoms with Crippen molar-refractivity contribution >= 4 is 5.91 Å². The maximum atomic E-state index is 12.5. The molecular formula is C18H28N2O2. The standard InChI is InChI=1S/C18H28N2O2/c1-14(2)11-20(16-7-8-16)18(21)13-19(3)12-15-5-9-17(22-4)10-6-15/h5-6,9-10,14,16H,7-8,11-13H2,1-4H3. The molecule has 22 heavy (non-hydrogen) atoms. The summed E-state index contributed by atoms with van der Waals surface area (Å²) in [7, 11) is 3.67. The molecule has 1 aromatic rings. The van der Waals surface area contributed by atoms with E-state index in [-0.39, 0.29) is 5.91 Å². The molecule has 2 rings (SSSR count). The van der Waals surface area contributed by atoms with Crippen LogP contribution in [0.3, 0.4) is 0 Å². The molecule has 4 nitrogen and oxygen atoms in total. The number of likely N-dealkylation sites (N-methyl/N-ethyl adjacent to an activating group) is 1. The highest BCUT2D eigenvalue weighted by Gasteiger charge is 2.32. The second kappa shape index (κ2) is 7.63. The minimum Gasteiger partial charge on any atom is -0.497 e. The Hall–Kier alpha value is -1.55. The molecule has 0 heterocycles. The average molecular weight is 304 g/mol. The van der Waals surface area contributed by atoms with Crippen LogP contribution in [0.4, 0.5) is 0 Å². The zero-order valence-electron chi connectivity index (χ0n) is 14.2. The van der Waals surface area contributed by atoms with Crippen LogP contribution in [0, 0.1) is 5.92 Å². The maximum absolute atomic E-state index is 12.5. The van der Waals surface area contributed by atoms with Crippen molar-refractivity contribution in [1.82, 2.24) is 9.80 Å². The minimum atomic E-state index is 0.257. The second-order valence-electron chi connectivity index (χ2n) is 6.69. The highest BCUT2D eigenvalue weighted by atomic mass is 16.5. The van der Waals surface area contributed by atoms with Crippen molar-refractivity contribution in [2.24, 2.45) is 5.92 Å². The predicted molar refractivity (Wildman–Crippen MR) is 88.9 cm³/mol. The SMILES string of the molecule is COc1ccc(CN(C)CC(=O)N(CC(C)C)C2CC2)cc1. The first-order chi connectivity index (χ1) is 10.5. The number of methoxy groups -OCH3 is 1. The van der Waals surface area contributed by atoms with Crippen molar-refractivity contribution in [2.45, 2.75) is 39.3 Å². The lowest BCUT2D eigenvalue weighted by Gasteiger charge is -2.27. The highest BCUT2D eigenvalue weighted by Crippen LogP contribution is 2.27. The van der Waals surface area contributed by atoms with Crippen LogP contribution >= 0.6 is 0 Å². The maximum Gasteiger partial charge on any atom is 0.237 e. The molecule has 0 aromatic heterocycles. The first-order valence-corrected chi connectivity index (χ1v) is 8.10. The van der Waals surface area contributed by atoms with Crippen LogP contribution in [0.15, 0.2) is 24.3 Å². The van der Waals surface area contributed by atoms with E-state index < -0.39 is 0 Å². The molecule has 4 heteroatoms. The van der Waals surface area contributed by atoms with Crippen molar-refractivity contribution in [2.75, 3.05) is 27.2 Å². The topological polar surface area (TPSA) is 32.8 Å². The van der Waals surface area contributed by atoms with Crippen LogP contribution in [0.1, 0.15) is 32.3 Å². The van der Waals surface area contributed by atoms with Gasteiger partial charge in [0.1, 0.15) is 5.75 Å². The number of carbonyl (C=O) groups excluding carboxylic acids is 1. The first-order valence-electron chi connectivity index (χ1n) is 8.10. The number of hydrogen-bond acceptors (Lipinski definition) is 3. The van der Waals surface area contributed by atoms with Gasteiger partial charge < -0.3 is 9.64 Å². The van der Waals surface area contributed by atoms with Crippen LogP contribution < -0.4 is 4.74 Å². The smallest absolute Gasteiger partial charge is 0.237 e. The van der Waals surface area contributed by atoms with Gasteiger partial charge in [0.05, 0.1) is 13.7 Å². The number of benzene rings is 1. The molecule has 0 bridgehead atoms. The molecule has 122 valence electrons. The summed E-state index contributed by atoms with van der Waals surface area (Å²) in [5, 5.41) is 0. The first kappa shape index (κ1) is 16.8. The molecule has 1 aliphatic carbocycles. The monoisotopic (exact) mass is 304 g/mol. The zero-order valence-corrected chi connectivity index (χ0v) is 14.2. The summed E-state index contributed by atoms with van der Waals surface area (Å²) >= 11 is 0. The molecule has 0 spiro atoms. The van der Waals surface area contributed by atoms with Crippen LogP contribution in [0.5, 0.6) is 5.75 Å².